The number of aryl methyl sites for hydroxylation is 1. The average Bonchev–Trinajstić information content (AvgIpc) is 3.52. The molecule has 2 N–H and O–H groups in total. The fraction of sp³-hybridized carbons (Fsp3) is 0.438. The van der Waals surface area contributed by atoms with Crippen molar-refractivity contribution in [1.29, 1.82) is 0 Å². The number of hydrogen-bond acceptors (Lipinski definition) is 6. The third-order valence-corrected chi connectivity index (χ3v) is 8.42. The number of carbonyl (C=O) groups is 2. The maximum Gasteiger partial charge on any atom is 0.264 e. The number of amides is 2. The van der Waals surface area contributed by atoms with E-state index in [1.165, 1.54) is 4.90 Å². The SMILES string of the molecule is C[C@H](/C=C/CCn1cc(C(CO)c2ccccc2)nn1)[C@@]1(O)C(=O)N(C)c2ccc(N3CCCCCCC3=O)cc21. The minimum atomic E-state index is -1.73. The van der Waals surface area contributed by atoms with E-state index in [1.54, 1.807) is 16.6 Å². The van der Waals surface area contributed by atoms with Gasteiger partial charge < -0.3 is 20.0 Å². The molecule has 2 aromatic carbocycles. The molecular weight excluding hydrogens is 518 g/mol. The summed E-state index contributed by atoms with van der Waals surface area (Å²) in [7, 11) is 1.67. The zero-order valence-electron chi connectivity index (χ0n) is 23.8. The van der Waals surface area contributed by atoms with Crippen LogP contribution in [0.25, 0.3) is 0 Å². The summed E-state index contributed by atoms with van der Waals surface area (Å²) in [6, 6.07) is 15.3. The number of allylic oxidation sites excluding steroid dienone is 1. The van der Waals surface area contributed by atoms with Crippen LogP contribution in [0.4, 0.5) is 11.4 Å². The van der Waals surface area contributed by atoms with Crippen LogP contribution < -0.4 is 9.80 Å². The highest BCUT2D eigenvalue weighted by atomic mass is 16.3. The van der Waals surface area contributed by atoms with Crippen LogP contribution in [0.5, 0.6) is 0 Å². The molecule has 3 atom stereocenters. The fourth-order valence-electron chi connectivity index (χ4n) is 5.93. The highest BCUT2D eigenvalue weighted by Gasteiger charge is 2.51. The molecule has 2 amide bonds. The first-order valence-electron chi connectivity index (χ1n) is 14.5. The summed E-state index contributed by atoms with van der Waals surface area (Å²) in [6.45, 7) is 2.98. The summed E-state index contributed by atoms with van der Waals surface area (Å²) in [5.41, 5.74) is 1.88. The number of likely N-dealkylation sites (N-methyl/N-ethyl adjacent to an activating group) is 1. The van der Waals surface area contributed by atoms with E-state index >= 15 is 0 Å². The van der Waals surface area contributed by atoms with Crippen LogP contribution >= 0.6 is 0 Å². The van der Waals surface area contributed by atoms with E-state index in [9.17, 15) is 19.8 Å². The monoisotopic (exact) mass is 557 g/mol. The molecule has 0 saturated carbocycles. The highest BCUT2D eigenvalue weighted by Crippen LogP contribution is 2.46. The van der Waals surface area contributed by atoms with Crippen LogP contribution in [-0.2, 0) is 21.7 Å². The Morgan fingerprint density at radius 1 is 1.07 bits per heavy atom. The van der Waals surface area contributed by atoms with Gasteiger partial charge in [0.1, 0.15) is 0 Å². The molecule has 0 radical (unpaired) electrons. The number of fused-ring (bicyclic) bond motifs is 1. The standard InChI is InChI=1S/C32H39N5O4/c1-23(12-9-11-18-36-21-28(33-34-36)26(22-38)24-13-6-5-7-14-24)32(41)27-20-25(16-17-29(27)35(2)31(32)40)37-19-10-4-3-8-15-30(37)39/h5-7,9,12-14,16-17,20-21,23,26,38,41H,3-4,8,10-11,15,18-19,22H2,1-2H3/b12-9+/t23-,26?,32+/m1/s1. The minimum Gasteiger partial charge on any atom is -0.395 e. The average molecular weight is 558 g/mol. The molecule has 9 nitrogen and oxygen atoms in total. The molecule has 2 aliphatic heterocycles. The van der Waals surface area contributed by atoms with E-state index < -0.39 is 11.5 Å². The molecule has 0 spiro atoms. The highest BCUT2D eigenvalue weighted by molar-refractivity contribution is 6.07. The molecule has 2 aliphatic rings. The van der Waals surface area contributed by atoms with Gasteiger partial charge in [0.25, 0.3) is 5.91 Å². The smallest absolute Gasteiger partial charge is 0.264 e. The van der Waals surface area contributed by atoms with Crippen LogP contribution in [0.2, 0.25) is 0 Å². The Morgan fingerprint density at radius 2 is 1.85 bits per heavy atom. The molecule has 9 heteroatoms. The quantitative estimate of drug-likeness (QED) is 0.383. The lowest BCUT2D eigenvalue weighted by Gasteiger charge is -2.29. The van der Waals surface area contributed by atoms with Gasteiger partial charge >= 0.3 is 0 Å². The number of benzene rings is 2. The largest absolute Gasteiger partial charge is 0.395 e. The first kappa shape index (κ1) is 28.7. The third-order valence-electron chi connectivity index (χ3n) is 8.42. The van der Waals surface area contributed by atoms with Crippen LogP contribution in [0, 0.1) is 5.92 Å². The molecule has 0 aliphatic carbocycles. The predicted molar refractivity (Wildman–Crippen MR) is 158 cm³/mol. The van der Waals surface area contributed by atoms with Gasteiger partial charge in [-0.2, -0.15) is 0 Å². The second-order valence-corrected chi connectivity index (χ2v) is 11.1. The molecule has 3 aromatic rings. The van der Waals surface area contributed by atoms with Crippen molar-refractivity contribution in [3.05, 3.63) is 83.7 Å². The normalized spacial score (nSPS) is 21.2. The molecule has 216 valence electrons. The van der Waals surface area contributed by atoms with Crippen LogP contribution in [0.3, 0.4) is 0 Å². The number of aliphatic hydroxyl groups excluding tert-OH is 1. The number of nitrogens with zero attached hydrogens (tertiary/aromatic N) is 5. The van der Waals surface area contributed by atoms with E-state index in [0.29, 0.717) is 42.9 Å². The van der Waals surface area contributed by atoms with Gasteiger partial charge in [0.05, 0.1) is 23.9 Å². The van der Waals surface area contributed by atoms with Gasteiger partial charge in [0, 0.05) is 49.9 Å². The van der Waals surface area contributed by atoms with Gasteiger partial charge in [-0.15, -0.1) is 5.10 Å². The van der Waals surface area contributed by atoms with Gasteiger partial charge in [-0.25, -0.2) is 0 Å². The molecule has 1 fully saturated rings. The van der Waals surface area contributed by atoms with Crippen LogP contribution in [-0.4, -0.2) is 57.2 Å². The van der Waals surface area contributed by atoms with E-state index in [-0.39, 0.29) is 24.3 Å². The number of aromatic nitrogens is 3. The van der Waals surface area contributed by atoms with E-state index in [2.05, 4.69) is 10.3 Å². The zero-order chi connectivity index (χ0) is 29.0. The van der Waals surface area contributed by atoms with E-state index in [0.717, 1.165) is 36.9 Å². The first-order chi connectivity index (χ1) is 19.8. The Hall–Kier alpha value is -3.82. The van der Waals surface area contributed by atoms with E-state index in [1.807, 2.05) is 73.8 Å². The summed E-state index contributed by atoms with van der Waals surface area (Å²) in [4.78, 5) is 29.5. The first-order valence-corrected chi connectivity index (χ1v) is 14.5. The van der Waals surface area contributed by atoms with Gasteiger partial charge in [-0.1, -0.05) is 67.5 Å². The van der Waals surface area contributed by atoms with Crippen molar-refractivity contribution in [2.24, 2.45) is 5.92 Å². The predicted octanol–water partition coefficient (Wildman–Crippen LogP) is 4.15. The summed E-state index contributed by atoms with van der Waals surface area (Å²) >= 11 is 0. The summed E-state index contributed by atoms with van der Waals surface area (Å²) in [5.74, 6) is -1.03. The van der Waals surface area contributed by atoms with Crippen LogP contribution in [0.15, 0.2) is 66.9 Å². The van der Waals surface area contributed by atoms with Gasteiger partial charge in [0.2, 0.25) is 5.91 Å². The van der Waals surface area contributed by atoms with Crippen molar-refractivity contribution in [1.82, 2.24) is 15.0 Å². The lowest BCUT2D eigenvalue weighted by Crippen LogP contribution is -2.43. The van der Waals surface area contributed by atoms with E-state index in [4.69, 9.17) is 0 Å². The fourth-order valence-corrected chi connectivity index (χ4v) is 5.93. The zero-order valence-corrected chi connectivity index (χ0v) is 23.8. The topological polar surface area (TPSA) is 112 Å². The Labute approximate surface area is 241 Å². The van der Waals surface area contributed by atoms with Crippen molar-refractivity contribution >= 4 is 23.2 Å². The van der Waals surface area contributed by atoms with Gasteiger partial charge in [0.15, 0.2) is 5.60 Å². The molecule has 41 heavy (non-hydrogen) atoms. The van der Waals surface area contributed by atoms with Gasteiger partial charge in [-0.05, 0) is 43.0 Å². The van der Waals surface area contributed by atoms with Crippen molar-refractivity contribution in [3.8, 4) is 0 Å². The Bertz CT molecular complexity index is 1400. The molecule has 1 unspecified atom stereocenters. The van der Waals surface area contributed by atoms with Crippen molar-refractivity contribution < 1.29 is 19.8 Å². The Balaban J connectivity index is 1.29. The van der Waals surface area contributed by atoms with Crippen molar-refractivity contribution in [2.45, 2.75) is 63.5 Å². The lowest BCUT2D eigenvalue weighted by atomic mass is 9.82. The number of hydrogen-bond donors (Lipinski definition) is 2. The second kappa shape index (κ2) is 12.4. The number of rotatable bonds is 9. The maximum atomic E-state index is 13.4. The molecule has 3 heterocycles. The lowest BCUT2D eigenvalue weighted by molar-refractivity contribution is -0.139. The minimum absolute atomic E-state index is 0.0592. The van der Waals surface area contributed by atoms with Crippen LogP contribution in [0.1, 0.15) is 68.2 Å². The maximum absolute atomic E-state index is 13.4. The number of anilines is 2. The summed E-state index contributed by atoms with van der Waals surface area (Å²) < 4.78 is 1.74. The summed E-state index contributed by atoms with van der Waals surface area (Å²) in [5, 5.41) is 30.3. The summed E-state index contributed by atoms with van der Waals surface area (Å²) in [6.07, 6.45) is 10.8. The van der Waals surface area contributed by atoms with Crippen molar-refractivity contribution in [3.63, 3.8) is 0 Å². The Kier molecular flexibility index (Phi) is 8.65. The van der Waals surface area contributed by atoms with Gasteiger partial charge in [-0.3, -0.25) is 14.3 Å². The number of carbonyl (C=O) groups excluding carboxylic acids is 2. The molecule has 5 rings (SSSR count). The molecular formula is C32H39N5O4. The molecule has 1 saturated heterocycles. The molecule has 0 bridgehead atoms. The number of aliphatic hydroxyl groups is 2. The van der Waals surface area contributed by atoms with Crippen molar-refractivity contribution in [2.75, 3.05) is 30.0 Å². The third kappa shape index (κ3) is 5.69. The molecule has 1 aromatic heterocycles. The second-order valence-electron chi connectivity index (χ2n) is 11.1. The Morgan fingerprint density at radius 3 is 2.63 bits per heavy atom.